The number of aliphatic carboxylic acids is 1. The highest BCUT2D eigenvalue weighted by Crippen LogP contribution is 1.91. The molecule has 0 heterocycles. The number of carbonyl (C=O) groups is 3. The molecule has 0 aliphatic heterocycles. The lowest BCUT2D eigenvalue weighted by Crippen LogP contribution is -2.46. The van der Waals surface area contributed by atoms with Crippen molar-refractivity contribution in [3.63, 3.8) is 0 Å². The van der Waals surface area contributed by atoms with Gasteiger partial charge in [-0.15, -0.1) is 0 Å². The van der Waals surface area contributed by atoms with Crippen LogP contribution in [0, 0.1) is 0 Å². The second-order valence-corrected chi connectivity index (χ2v) is 3.70. The van der Waals surface area contributed by atoms with E-state index in [2.05, 4.69) is 10.6 Å². The maximum atomic E-state index is 11.0. The Bertz CT molecular complexity index is 293. The maximum absolute atomic E-state index is 11.0. The third-order valence-electron chi connectivity index (χ3n) is 2.06. The van der Waals surface area contributed by atoms with E-state index in [1.807, 2.05) is 0 Å². The molecule has 0 aromatic rings. The topological polar surface area (TPSA) is 105 Å². The highest BCUT2D eigenvalue weighted by Gasteiger charge is 2.17. The lowest BCUT2D eigenvalue weighted by Gasteiger charge is -2.13. The van der Waals surface area contributed by atoms with Crippen molar-refractivity contribution in [2.24, 2.45) is 0 Å². The van der Waals surface area contributed by atoms with Crippen molar-refractivity contribution < 1.29 is 24.2 Å². The summed E-state index contributed by atoms with van der Waals surface area (Å²) in [6, 6.07) is -0.954. The van der Waals surface area contributed by atoms with Crippen molar-refractivity contribution in [1.82, 2.24) is 10.6 Å². The number of hydrogen-bond donors (Lipinski definition) is 3. The Morgan fingerprint density at radius 2 is 2.00 bits per heavy atom. The van der Waals surface area contributed by atoms with Crippen LogP contribution in [0.2, 0.25) is 0 Å². The molecule has 0 spiro atoms. The average Bonchev–Trinajstić information content (AvgIpc) is 2.26. The molecule has 1 unspecified atom stereocenters. The van der Waals surface area contributed by atoms with E-state index in [4.69, 9.17) is 9.84 Å². The van der Waals surface area contributed by atoms with Gasteiger partial charge < -0.3 is 20.5 Å². The molecule has 1 amide bonds. The van der Waals surface area contributed by atoms with Gasteiger partial charge in [-0.2, -0.15) is 0 Å². The SMILES string of the molecule is CCOC(=O)CCCNCC(NC(C)=O)C(=O)O. The molecule has 104 valence electrons. The van der Waals surface area contributed by atoms with Crippen molar-refractivity contribution in [1.29, 1.82) is 0 Å². The Hall–Kier alpha value is -1.63. The monoisotopic (exact) mass is 260 g/mol. The summed E-state index contributed by atoms with van der Waals surface area (Å²) in [4.78, 5) is 32.5. The molecule has 7 heteroatoms. The first-order valence-corrected chi connectivity index (χ1v) is 5.83. The minimum absolute atomic E-state index is 0.123. The summed E-state index contributed by atoms with van der Waals surface area (Å²) < 4.78 is 4.74. The van der Waals surface area contributed by atoms with E-state index in [0.717, 1.165) is 0 Å². The fraction of sp³-hybridized carbons (Fsp3) is 0.727. The molecule has 0 aliphatic carbocycles. The van der Waals surface area contributed by atoms with Crippen molar-refractivity contribution in [3.05, 3.63) is 0 Å². The molecule has 3 N–H and O–H groups in total. The van der Waals surface area contributed by atoms with Crippen LogP contribution in [0.4, 0.5) is 0 Å². The highest BCUT2D eigenvalue weighted by molar-refractivity contribution is 5.82. The first-order valence-electron chi connectivity index (χ1n) is 5.83. The van der Waals surface area contributed by atoms with E-state index in [1.165, 1.54) is 6.92 Å². The van der Waals surface area contributed by atoms with Gasteiger partial charge in [0.15, 0.2) is 0 Å². The fourth-order valence-electron chi connectivity index (χ4n) is 1.28. The number of hydrogen-bond acceptors (Lipinski definition) is 5. The Morgan fingerprint density at radius 1 is 1.33 bits per heavy atom. The van der Waals surface area contributed by atoms with Crippen LogP contribution in [-0.4, -0.2) is 48.7 Å². The first kappa shape index (κ1) is 16.4. The van der Waals surface area contributed by atoms with Crippen molar-refractivity contribution in [2.75, 3.05) is 19.7 Å². The van der Waals surface area contributed by atoms with Crippen LogP contribution >= 0.6 is 0 Å². The number of ether oxygens (including phenoxy) is 1. The molecule has 0 aromatic carbocycles. The molecule has 0 aliphatic rings. The van der Waals surface area contributed by atoms with Gasteiger partial charge in [0.1, 0.15) is 6.04 Å². The average molecular weight is 260 g/mol. The van der Waals surface area contributed by atoms with Gasteiger partial charge >= 0.3 is 11.9 Å². The molecule has 0 fully saturated rings. The van der Waals surface area contributed by atoms with Gasteiger partial charge in [-0.05, 0) is 19.9 Å². The van der Waals surface area contributed by atoms with E-state index in [1.54, 1.807) is 6.92 Å². The van der Waals surface area contributed by atoms with Crippen LogP contribution in [-0.2, 0) is 19.1 Å². The van der Waals surface area contributed by atoms with Crippen LogP contribution in [0.5, 0.6) is 0 Å². The van der Waals surface area contributed by atoms with Crippen LogP contribution in [0.1, 0.15) is 26.7 Å². The highest BCUT2D eigenvalue weighted by atomic mass is 16.5. The van der Waals surface area contributed by atoms with Gasteiger partial charge in [-0.25, -0.2) is 4.79 Å². The fourth-order valence-corrected chi connectivity index (χ4v) is 1.28. The third kappa shape index (κ3) is 8.51. The largest absolute Gasteiger partial charge is 0.480 e. The smallest absolute Gasteiger partial charge is 0.327 e. The zero-order valence-electron chi connectivity index (χ0n) is 10.7. The molecule has 1 atom stereocenters. The van der Waals surface area contributed by atoms with Gasteiger partial charge in [-0.3, -0.25) is 9.59 Å². The molecule has 0 saturated heterocycles. The summed E-state index contributed by atoms with van der Waals surface area (Å²) in [5.41, 5.74) is 0. The number of rotatable bonds is 9. The second-order valence-electron chi connectivity index (χ2n) is 3.70. The standard InChI is InChI=1S/C11H20N2O5/c1-3-18-10(15)5-4-6-12-7-9(11(16)17)13-8(2)14/h9,12H,3-7H2,1-2H3,(H,13,14)(H,16,17). The lowest BCUT2D eigenvalue weighted by molar-refractivity contribution is -0.143. The maximum Gasteiger partial charge on any atom is 0.327 e. The minimum atomic E-state index is -1.09. The molecule has 18 heavy (non-hydrogen) atoms. The van der Waals surface area contributed by atoms with E-state index < -0.39 is 17.9 Å². The summed E-state index contributed by atoms with van der Waals surface area (Å²) in [6.07, 6.45) is 0.851. The van der Waals surface area contributed by atoms with Crippen molar-refractivity contribution >= 4 is 17.8 Å². The van der Waals surface area contributed by atoms with Gasteiger partial charge in [0.05, 0.1) is 6.61 Å². The number of carbonyl (C=O) groups excluding carboxylic acids is 2. The third-order valence-corrected chi connectivity index (χ3v) is 2.06. The van der Waals surface area contributed by atoms with Crippen LogP contribution in [0.15, 0.2) is 0 Å². The summed E-state index contributed by atoms with van der Waals surface area (Å²) in [5, 5.41) is 14.0. The Kier molecular flexibility index (Phi) is 8.55. The molecule has 7 nitrogen and oxygen atoms in total. The Balaban J connectivity index is 3.70. The summed E-state index contributed by atoms with van der Waals surface area (Å²) in [6.45, 7) is 3.97. The number of carboxylic acid groups (broad SMARTS) is 1. The number of carboxylic acids is 1. The van der Waals surface area contributed by atoms with Gasteiger partial charge in [0.2, 0.25) is 5.91 Å². The van der Waals surface area contributed by atoms with Crippen LogP contribution < -0.4 is 10.6 Å². The van der Waals surface area contributed by atoms with E-state index in [-0.39, 0.29) is 12.5 Å². The number of nitrogens with one attached hydrogen (secondary N) is 2. The Morgan fingerprint density at radius 3 is 2.50 bits per heavy atom. The van der Waals surface area contributed by atoms with Gasteiger partial charge in [0, 0.05) is 19.9 Å². The Labute approximate surface area is 106 Å². The van der Waals surface area contributed by atoms with Gasteiger partial charge in [-0.1, -0.05) is 0 Å². The van der Waals surface area contributed by atoms with E-state index in [0.29, 0.717) is 26.0 Å². The van der Waals surface area contributed by atoms with E-state index in [9.17, 15) is 14.4 Å². The second kappa shape index (κ2) is 9.41. The quantitative estimate of drug-likeness (QED) is 0.381. The molecule has 0 radical (unpaired) electrons. The normalized spacial score (nSPS) is 11.7. The molecule has 0 saturated carbocycles. The zero-order valence-corrected chi connectivity index (χ0v) is 10.7. The van der Waals surface area contributed by atoms with Gasteiger partial charge in [0.25, 0.3) is 0 Å². The predicted octanol–water partition coefficient (Wildman–Crippen LogP) is -0.491. The lowest BCUT2D eigenvalue weighted by atomic mass is 10.2. The van der Waals surface area contributed by atoms with Crippen molar-refractivity contribution in [2.45, 2.75) is 32.7 Å². The molecule has 0 rings (SSSR count). The number of amides is 1. The number of esters is 1. The first-order chi connectivity index (χ1) is 8.47. The van der Waals surface area contributed by atoms with Crippen LogP contribution in [0.25, 0.3) is 0 Å². The molecular formula is C11H20N2O5. The zero-order chi connectivity index (χ0) is 14.0. The molecule has 0 bridgehead atoms. The van der Waals surface area contributed by atoms with Crippen LogP contribution in [0.3, 0.4) is 0 Å². The minimum Gasteiger partial charge on any atom is -0.480 e. The molecular weight excluding hydrogens is 240 g/mol. The summed E-state index contributed by atoms with van der Waals surface area (Å²) in [5.74, 6) is -1.75. The predicted molar refractivity (Wildman–Crippen MR) is 64.0 cm³/mol. The van der Waals surface area contributed by atoms with Crippen molar-refractivity contribution in [3.8, 4) is 0 Å². The molecule has 0 aromatic heterocycles. The summed E-state index contributed by atoms with van der Waals surface area (Å²) >= 11 is 0. The summed E-state index contributed by atoms with van der Waals surface area (Å²) in [7, 11) is 0. The van der Waals surface area contributed by atoms with E-state index >= 15 is 0 Å².